The predicted octanol–water partition coefficient (Wildman–Crippen LogP) is 4.44. The topological polar surface area (TPSA) is 35.2 Å². The summed E-state index contributed by atoms with van der Waals surface area (Å²) in [5.41, 5.74) is 8.29. The molecule has 2 nitrogen and oxygen atoms in total. The van der Waals surface area contributed by atoms with E-state index in [1.165, 1.54) is 0 Å². The van der Waals surface area contributed by atoms with Crippen LogP contribution in [0.25, 0.3) is 0 Å². The van der Waals surface area contributed by atoms with Gasteiger partial charge in [-0.3, -0.25) is 0 Å². The SMILES string of the molecule is C=C(C)C[C@@H](N)c1ccc(Oc2ccccc2)cc1. The number of nitrogens with two attached hydrogens (primary N) is 1. The van der Waals surface area contributed by atoms with Crippen LogP contribution in [0.3, 0.4) is 0 Å². The highest BCUT2D eigenvalue weighted by molar-refractivity contribution is 5.34. The highest BCUT2D eigenvalue weighted by Crippen LogP contribution is 2.24. The maximum atomic E-state index is 6.10. The number of para-hydroxylation sites is 1. The second-order valence-corrected chi connectivity index (χ2v) is 4.75. The monoisotopic (exact) mass is 253 g/mol. The lowest BCUT2D eigenvalue weighted by molar-refractivity contribution is 0.482. The summed E-state index contributed by atoms with van der Waals surface area (Å²) in [4.78, 5) is 0. The van der Waals surface area contributed by atoms with Gasteiger partial charge in [-0.15, -0.1) is 6.58 Å². The zero-order chi connectivity index (χ0) is 13.7. The highest BCUT2D eigenvalue weighted by Gasteiger charge is 2.06. The Bertz CT molecular complexity index is 531. The van der Waals surface area contributed by atoms with Gasteiger partial charge in [0.25, 0.3) is 0 Å². The molecule has 2 heteroatoms. The van der Waals surface area contributed by atoms with Gasteiger partial charge in [0.15, 0.2) is 0 Å². The molecule has 0 bridgehead atoms. The summed E-state index contributed by atoms with van der Waals surface area (Å²) in [7, 11) is 0. The molecule has 98 valence electrons. The van der Waals surface area contributed by atoms with Crippen LogP contribution in [0, 0.1) is 0 Å². The molecule has 0 aliphatic carbocycles. The smallest absolute Gasteiger partial charge is 0.127 e. The van der Waals surface area contributed by atoms with Gasteiger partial charge in [0.05, 0.1) is 0 Å². The third-order valence-corrected chi connectivity index (χ3v) is 2.86. The van der Waals surface area contributed by atoms with E-state index < -0.39 is 0 Å². The summed E-state index contributed by atoms with van der Waals surface area (Å²) in [5.74, 6) is 1.65. The molecule has 0 heterocycles. The van der Waals surface area contributed by atoms with Crippen molar-refractivity contribution in [3.63, 3.8) is 0 Å². The van der Waals surface area contributed by atoms with Gasteiger partial charge in [0.2, 0.25) is 0 Å². The Hall–Kier alpha value is -2.06. The second-order valence-electron chi connectivity index (χ2n) is 4.75. The largest absolute Gasteiger partial charge is 0.457 e. The number of hydrogen-bond acceptors (Lipinski definition) is 2. The van der Waals surface area contributed by atoms with E-state index in [0.29, 0.717) is 0 Å². The van der Waals surface area contributed by atoms with E-state index in [1.54, 1.807) is 0 Å². The molecule has 0 saturated carbocycles. The minimum atomic E-state index is 0.00303. The molecule has 2 aromatic carbocycles. The van der Waals surface area contributed by atoms with E-state index in [1.807, 2.05) is 61.5 Å². The quantitative estimate of drug-likeness (QED) is 0.799. The molecule has 1 atom stereocenters. The summed E-state index contributed by atoms with van der Waals surface area (Å²) in [5, 5.41) is 0. The van der Waals surface area contributed by atoms with E-state index in [0.717, 1.165) is 29.1 Å². The molecule has 2 rings (SSSR count). The molecule has 0 aliphatic rings. The molecule has 0 radical (unpaired) electrons. The van der Waals surface area contributed by atoms with Crippen molar-refractivity contribution in [3.8, 4) is 11.5 Å². The molecule has 0 amide bonds. The van der Waals surface area contributed by atoms with Crippen molar-refractivity contribution in [2.24, 2.45) is 5.73 Å². The predicted molar refractivity (Wildman–Crippen MR) is 79.3 cm³/mol. The van der Waals surface area contributed by atoms with Crippen LogP contribution in [0.5, 0.6) is 11.5 Å². The van der Waals surface area contributed by atoms with Gasteiger partial charge in [-0.05, 0) is 43.2 Å². The maximum absolute atomic E-state index is 6.10. The van der Waals surface area contributed by atoms with E-state index >= 15 is 0 Å². The number of benzene rings is 2. The van der Waals surface area contributed by atoms with Crippen molar-refractivity contribution in [1.29, 1.82) is 0 Å². The fourth-order valence-corrected chi connectivity index (χ4v) is 1.90. The molecular weight excluding hydrogens is 234 g/mol. The van der Waals surface area contributed by atoms with Crippen LogP contribution in [-0.4, -0.2) is 0 Å². The summed E-state index contributed by atoms with van der Waals surface area (Å²) in [6.07, 6.45) is 0.804. The summed E-state index contributed by atoms with van der Waals surface area (Å²) in [6.45, 7) is 5.88. The molecule has 0 aliphatic heterocycles. The van der Waals surface area contributed by atoms with E-state index in [9.17, 15) is 0 Å². The number of ether oxygens (including phenoxy) is 1. The van der Waals surface area contributed by atoms with Gasteiger partial charge in [-0.25, -0.2) is 0 Å². The van der Waals surface area contributed by atoms with Crippen molar-refractivity contribution in [2.45, 2.75) is 19.4 Å². The van der Waals surface area contributed by atoms with Crippen molar-refractivity contribution in [1.82, 2.24) is 0 Å². The van der Waals surface area contributed by atoms with Gasteiger partial charge in [-0.1, -0.05) is 35.9 Å². The van der Waals surface area contributed by atoms with Crippen LogP contribution in [0.15, 0.2) is 66.7 Å². The van der Waals surface area contributed by atoms with E-state index in [-0.39, 0.29) is 6.04 Å². The van der Waals surface area contributed by atoms with Crippen molar-refractivity contribution < 1.29 is 4.74 Å². The zero-order valence-electron chi connectivity index (χ0n) is 11.2. The first kappa shape index (κ1) is 13.4. The minimum Gasteiger partial charge on any atom is -0.457 e. The Morgan fingerprint density at radius 1 is 1.05 bits per heavy atom. The van der Waals surface area contributed by atoms with Crippen molar-refractivity contribution >= 4 is 0 Å². The fourth-order valence-electron chi connectivity index (χ4n) is 1.90. The van der Waals surface area contributed by atoms with Crippen LogP contribution in [-0.2, 0) is 0 Å². The first-order chi connectivity index (χ1) is 9.15. The third-order valence-electron chi connectivity index (χ3n) is 2.86. The molecule has 0 spiro atoms. The van der Waals surface area contributed by atoms with Crippen LogP contribution in [0.4, 0.5) is 0 Å². The molecule has 0 unspecified atom stereocenters. The van der Waals surface area contributed by atoms with Gasteiger partial charge < -0.3 is 10.5 Å². The standard InChI is InChI=1S/C17H19NO/c1-13(2)12-17(18)14-8-10-16(11-9-14)19-15-6-4-3-5-7-15/h3-11,17H,1,12,18H2,2H3/t17-/m1/s1. The molecule has 2 N–H and O–H groups in total. The maximum Gasteiger partial charge on any atom is 0.127 e. The minimum absolute atomic E-state index is 0.00303. The lowest BCUT2D eigenvalue weighted by Gasteiger charge is -2.12. The van der Waals surface area contributed by atoms with Gasteiger partial charge >= 0.3 is 0 Å². The lowest BCUT2D eigenvalue weighted by atomic mass is 10.0. The molecular formula is C17H19NO. The lowest BCUT2D eigenvalue weighted by Crippen LogP contribution is -2.10. The molecule has 0 fully saturated rings. The van der Waals surface area contributed by atoms with Gasteiger partial charge in [0, 0.05) is 6.04 Å². The second kappa shape index (κ2) is 6.21. The van der Waals surface area contributed by atoms with E-state index in [4.69, 9.17) is 10.5 Å². The fraction of sp³-hybridized carbons (Fsp3) is 0.176. The third kappa shape index (κ3) is 3.97. The summed E-state index contributed by atoms with van der Waals surface area (Å²) < 4.78 is 5.74. The van der Waals surface area contributed by atoms with Gasteiger partial charge in [-0.2, -0.15) is 0 Å². The average Bonchev–Trinajstić information content (AvgIpc) is 2.40. The van der Waals surface area contributed by atoms with Crippen LogP contribution >= 0.6 is 0 Å². The Balaban J connectivity index is 2.04. The molecule has 19 heavy (non-hydrogen) atoms. The van der Waals surface area contributed by atoms with Crippen molar-refractivity contribution in [3.05, 3.63) is 72.3 Å². The van der Waals surface area contributed by atoms with E-state index in [2.05, 4.69) is 6.58 Å². The Kier molecular flexibility index (Phi) is 4.37. The summed E-state index contributed by atoms with van der Waals surface area (Å²) in [6, 6.07) is 17.6. The Morgan fingerprint density at radius 2 is 1.63 bits per heavy atom. The van der Waals surface area contributed by atoms with Crippen LogP contribution in [0.1, 0.15) is 24.9 Å². The average molecular weight is 253 g/mol. The van der Waals surface area contributed by atoms with Crippen molar-refractivity contribution in [2.75, 3.05) is 0 Å². The molecule has 0 saturated heterocycles. The number of rotatable bonds is 5. The first-order valence-electron chi connectivity index (χ1n) is 6.38. The number of hydrogen-bond donors (Lipinski definition) is 1. The highest BCUT2D eigenvalue weighted by atomic mass is 16.5. The Morgan fingerprint density at radius 3 is 2.21 bits per heavy atom. The molecule has 0 aromatic heterocycles. The molecule has 2 aromatic rings. The first-order valence-corrected chi connectivity index (χ1v) is 6.38. The summed E-state index contributed by atoms with van der Waals surface area (Å²) >= 11 is 0. The Labute approximate surface area is 114 Å². The normalized spacial score (nSPS) is 11.9. The van der Waals surface area contributed by atoms with Crippen LogP contribution < -0.4 is 10.5 Å². The van der Waals surface area contributed by atoms with Gasteiger partial charge in [0.1, 0.15) is 11.5 Å². The van der Waals surface area contributed by atoms with Crippen LogP contribution in [0.2, 0.25) is 0 Å². The zero-order valence-corrected chi connectivity index (χ0v) is 11.2.